The lowest BCUT2D eigenvalue weighted by atomic mass is 9.87. The molecular weight excluding hydrogens is 216 g/mol. The number of hydrogen-bond acceptors (Lipinski definition) is 4. The van der Waals surface area contributed by atoms with Crippen molar-refractivity contribution in [2.24, 2.45) is 4.99 Å². The van der Waals surface area contributed by atoms with E-state index in [0.717, 1.165) is 13.1 Å². The maximum atomic E-state index is 10.2. The molecular formula is C13H22N2O2. The van der Waals surface area contributed by atoms with Crippen molar-refractivity contribution in [2.75, 3.05) is 26.2 Å². The first-order valence-corrected chi connectivity index (χ1v) is 6.12. The van der Waals surface area contributed by atoms with Crippen molar-refractivity contribution in [3.8, 4) is 0 Å². The first-order valence-electron chi connectivity index (χ1n) is 6.12. The molecule has 0 amide bonds. The summed E-state index contributed by atoms with van der Waals surface area (Å²) in [5.41, 5.74) is -0.576. The average Bonchev–Trinajstić information content (AvgIpc) is 2.34. The fourth-order valence-corrected chi connectivity index (χ4v) is 2.17. The van der Waals surface area contributed by atoms with Crippen molar-refractivity contribution in [3.63, 3.8) is 0 Å². The van der Waals surface area contributed by atoms with Crippen molar-refractivity contribution in [3.05, 3.63) is 24.3 Å². The number of aliphatic imine (C=N–C) groups is 1. The Balaban J connectivity index is 2.99. The molecule has 0 aromatic carbocycles. The minimum absolute atomic E-state index is 0.0283. The third kappa shape index (κ3) is 3.03. The standard InChI is InChI=1S/C13H22N2O2/c1-3-15(4-2)13(11-14-9-10-16)8-6-5-7-12(13)17/h5-8,11-12,16-17H,3-4,9-10H2,1-2H3. The van der Waals surface area contributed by atoms with Gasteiger partial charge in [-0.05, 0) is 13.1 Å². The smallest absolute Gasteiger partial charge is 0.105 e. The molecule has 0 saturated heterocycles. The Kier molecular flexibility index (Phi) is 5.55. The van der Waals surface area contributed by atoms with E-state index in [1.165, 1.54) is 0 Å². The van der Waals surface area contributed by atoms with E-state index in [1.807, 2.05) is 18.2 Å². The van der Waals surface area contributed by atoms with Crippen molar-refractivity contribution in [1.29, 1.82) is 0 Å². The summed E-state index contributed by atoms with van der Waals surface area (Å²) in [6, 6.07) is 0. The fourth-order valence-electron chi connectivity index (χ4n) is 2.17. The van der Waals surface area contributed by atoms with Gasteiger partial charge >= 0.3 is 0 Å². The predicted octanol–water partition coefficient (Wildman–Crippen LogP) is 0.617. The van der Waals surface area contributed by atoms with Crippen LogP contribution in [0.15, 0.2) is 29.3 Å². The van der Waals surface area contributed by atoms with Crippen molar-refractivity contribution in [2.45, 2.75) is 25.5 Å². The number of nitrogens with zero attached hydrogens (tertiary/aromatic N) is 2. The van der Waals surface area contributed by atoms with Crippen LogP contribution >= 0.6 is 0 Å². The van der Waals surface area contributed by atoms with Gasteiger partial charge in [0.05, 0.1) is 19.3 Å². The Hall–Kier alpha value is -0.970. The lowest BCUT2D eigenvalue weighted by Crippen LogP contribution is -2.56. The van der Waals surface area contributed by atoms with E-state index >= 15 is 0 Å². The number of aliphatic hydroxyl groups is 2. The molecule has 0 fully saturated rings. The Labute approximate surface area is 103 Å². The van der Waals surface area contributed by atoms with Crippen LogP contribution in [-0.4, -0.2) is 59.2 Å². The van der Waals surface area contributed by atoms with Crippen LogP contribution in [0.25, 0.3) is 0 Å². The molecule has 4 heteroatoms. The van der Waals surface area contributed by atoms with E-state index in [0.29, 0.717) is 6.54 Å². The van der Waals surface area contributed by atoms with Crippen LogP contribution in [0, 0.1) is 0 Å². The van der Waals surface area contributed by atoms with Gasteiger partial charge in [0, 0.05) is 6.21 Å². The monoisotopic (exact) mass is 238 g/mol. The molecule has 0 saturated carbocycles. The number of aliphatic hydroxyl groups excluding tert-OH is 2. The summed E-state index contributed by atoms with van der Waals surface area (Å²) in [5, 5.41) is 19.0. The van der Waals surface area contributed by atoms with E-state index in [1.54, 1.807) is 12.3 Å². The summed E-state index contributed by atoms with van der Waals surface area (Å²) in [5.74, 6) is 0. The molecule has 0 bridgehead atoms. The summed E-state index contributed by atoms with van der Waals surface area (Å²) >= 11 is 0. The van der Waals surface area contributed by atoms with Crippen molar-refractivity contribution >= 4 is 6.21 Å². The van der Waals surface area contributed by atoms with Gasteiger partial charge < -0.3 is 10.2 Å². The van der Waals surface area contributed by atoms with Crippen molar-refractivity contribution in [1.82, 2.24) is 4.90 Å². The largest absolute Gasteiger partial charge is 0.394 e. The van der Waals surface area contributed by atoms with Gasteiger partial charge in [-0.25, -0.2) is 0 Å². The highest BCUT2D eigenvalue weighted by Crippen LogP contribution is 2.24. The van der Waals surface area contributed by atoms with Crippen LogP contribution in [0.4, 0.5) is 0 Å². The molecule has 0 aromatic rings. The molecule has 2 N–H and O–H groups in total. The van der Waals surface area contributed by atoms with Gasteiger partial charge in [-0.2, -0.15) is 0 Å². The van der Waals surface area contributed by atoms with Crippen LogP contribution in [-0.2, 0) is 0 Å². The zero-order valence-corrected chi connectivity index (χ0v) is 10.6. The summed E-state index contributed by atoms with van der Waals surface area (Å²) in [6.45, 7) is 6.18. The lowest BCUT2D eigenvalue weighted by molar-refractivity contribution is 0.0775. The molecule has 0 heterocycles. The highest BCUT2D eigenvalue weighted by Gasteiger charge is 2.38. The van der Waals surface area contributed by atoms with Crippen LogP contribution in [0.1, 0.15) is 13.8 Å². The molecule has 2 atom stereocenters. The van der Waals surface area contributed by atoms with Crippen LogP contribution in [0.5, 0.6) is 0 Å². The Morgan fingerprint density at radius 2 is 2.06 bits per heavy atom. The van der Waals surface area contributed by atoms with Gasteiger partial charge in [-0.1, -0.05) is 38.2 Å². The molecule has 1 aliphatic carbocycles. The van der Waals surface area contributed by atoms with E-state index in [4.69, 9.17) is 5.11 Å². The quantitative estimate of drug-likeness (QED) is 0.667. The molecule has 1 aliphatic rings. The number of likely N-dealkylation sites (N-methyl/N-ethyl adjacent to an activating group) is 1. The zero-order chi connectivity index (χ0) is 12.7. The first-order chi connectivity index (χ1) is 8.21. The Morgan fingerprint density at radius 1 is 1.35 bits per heavy atom. The summed E-state index contributed by atoms with van der Waals surface area (Å²) in [4.78, 5) is 6.34. The summed E-state index contributed by atoms with van der Waals surface area (Å²) < 4.78 is 0. The number of rotatable bonds is 6. The van der Waals surface area contributed by atoms with E-state index in [2.05, 4.69) is 23.7 Å². The summed E-state index contributed by atoms with van der Waals surface area (Å²) in [6.07, 6.45) is 8.65. The minimum atomic E-state index is -0.602. The molecule has 17 heavy (non-hydrogen) atoms. The molecule has 0 spiro atoms. The van der Waals surface area contributed by atoms with Gasteiger partial charge in [0.1, 0.15) is 5.54 Å². The molecule has 0 radical (unpaired) electrons. The second-order valence-electron chi connectivity index (χ2n) is 4.01. The average molecular weight is 238 g/mol. The number of allylic oxidation sites excluding steroid dienone is 2. The van der Waals surface area contributed by atoms with Gasteiger partial charge in [0.2, 0.25) is 0 Å². The second-order valence-corrected chi connectivity index (χ2v) is 4.01. The highest BCUT2D eigenvalue weighted by molar-refractivity contribution is 5.76. The van der Waals surface area contributed by atoms with E-state index in [9.17, 15) is 5.11 Å². The van der Waals surface area contributed by atoms with E-state index < -0.39 is 11.6 Å². The SMILES string of the molecule is CCN(CC)C1(C=NCCO)C=CC=CC1O. The normalized spacial score (nSPS) is 28.4. The van der Waals surface area contributed by atoms with Crippen LogP contribution in [0.3, 0.4) is 0 Å². The third-order valence-corrected chi connectivity index (χ3v) is 3.08. The Morgan fingerprint density at radius 3 is 2.59 bits per heavy atom. The molecule has 1 rings (SSSR count). The van der Waals surface area contributed by atoms with E-state index in [-0.39, 0.29) is 6.61 Å². The molecule has 96 valence electrons. The number of hydrogen-bond donors (Lipinski definition) is 2. The lowest BCUT2D eigenvalue weighted by Gasteiger charge is -2.41. The van der Waals surface area contributed by atoms with Crippen molar-refractivity contribution < 1.29 is 10.2 Å². The zero-order valence-electron chi connectivity index (χ0n) is 10.6. The third-order valence-electron chi connectivity index (χ3n) is 3.08. The maximum Gasteiger partial charge on any atom is 0.105 e. The second kappa shape index (κ2) is 6.69. The van der Waals surface area contributed by atoms with Crippen LogP contribution in [0.2, 0.25) is 0 Å². The maximum absolute atomic E-state index is 10.2. The topological polar surface area (TPSA) is 56.1 Å². The Bertz CT molecular complexity index is 309. The first kappa shape index (κ1) is 14.1. The fraction of sp³-hybridized carbons (Fsp3) is 0.615. The van der Waals surface area contributed by atoms with Gasteiger partial charge in [-0.15, -0.1) is 0 Å². The summed E-state index contributed by atoms with van der Waals surface area (Å²) in [7, 11) is 0. The molecule has 0 aliphatic heterocycles. The molecule has 4 nitrogen and oxygen atoms in total. The predicted molar refractivity (Wildman–Crippen MR) is 70.4 cm³/mol. The minimum Gasteiger partial charge on any atom is -0.394 e. The van der Waals surface area contributed by atoms with Gasteiger partial charge in [0.15, 0.2) is 0 Å². The molecule has 0 aromatic heterocycles. The molecule has 2 unspecified atom stereocenters. The van der Waals surface area contributed by atoms with Crippen LogP contribution < -0.4 is 0 Å². The van der Waals surface area contributed by atoms with Gasteiger partial charge in [-0.3, -0.25) is 9.89 Å². The highest BCUT2D eigenvalue weighted by atomic mass is 16.3. The van der Waals surface area contributed by atoms with Gasteiger partial charge in [0.25, 0.3) is 0 Å².